The zero-order valence-electron chi connectivity index (χ0n) is 13.1. The molecule has 21 heavy (non-hydrogen) atoms. The Kier molecular flexibility index (Phi) is 6.12. The SMILES string of the molecule is CCN(CCCN(C)C)S(=O)(=O)c1cc(N)cc(F)c1C. The molecule has 0 bridgehead atoms. The average Bonchev–Trinajstić information content (AvgIpc) is 2.38. The van der Waals surface area contributed by atoms with Gasteiger partial charge in [-0.15, -0.1) is 0 Å². The van der Waals surface area contributed by atoms with Crippen molar-refractivity contribution in [1.29, 1.82) is 0 Å². The molecule has 1 rings (SSSR count). The number of hydrogen-bond acceptors (Lipinski definition) is 4. The van der Waals surface area contributed by atoms with E-state index in [-0.39, 0.29) is 16.1 Å². The molecule has 0 heterocycles. The topological polar surface area (TPSA) is 66.6 Å². The lowest BCUT2D eigenvalue weighted by atomic mass is 10.2. The predicted molar refractivity (Wildman–Crippen MR) is 83.2 cm³/mol. The fraction of sp³-hybridized carbons (Fsp3) is 0.571. The van der Waals surface area contributed by atoms with E-state index in [1.54, 1.807) is 6.92 Å². The summed E-state index contributed by atoms with van der Waals surface area (Å²) >= 11 is 0. The summed E-state index contributed by atoms with van der Waals surface area (Å²) in [6.07, 6.45) is 0.712. The molecule has 0 aromatic heterocycles. The minimum atomic E-state index is -3.73. The molecule has 0 saturated heterocycles. The van der Waals surface area contributed by atoms with Crippen molar-refractivity contribution in [3.63, 3.8) is 0 Å². The maximum atomic E-state index is 13.7. The summed E-state index contributed by atoms with van der Waals surface area (Å²) in [5, 5.41) is 0. The first-order valence-corrected chi connectivity index (χ1v) is 8.34. The van der Waals surface area contributed by atoms with Crippen LogP contribution in [0.15, 0.2) is 17.0 Å². The van der Waals surface area contributed by atoms with Gasteiger partial charge < -0.3 is 10.6 Å². The third-order valence-electron chi connectivity index (χ3n) is 3.30. The molecular formula is C14H24FN3O2S. The fourth-order valence-corrected chi connectivity index (χ4v) is 3.85. The van der Waals surface area contributed by atoms with Crippen LogP contribution in [-0.2, 0) is 10.0 Å². The van der Waals surface area contributed by atoms with Gasteiger partial charge >= 0.3 is 0 Å². The summed E-state index contributed by atoms with van der Waals surface area (Å²) in [5.74, 6) is -0.599. The maximum Gasteiger partial charge on any atom is 0.243 e. The Balaban J connectivity index is 3.08. The van der Waals surface area contributed by atoms with Gasteiger partial charge in [-0.3, -0.25) is 0 Å². The summed E-state index contributed by atoms with van der Waals surface area (Å²) in [7, 11) is 0.136. The van der Waals surface area contributed by atoms with Crippen LogP contribution in [0.4, 0.5) is 10.1 Å². The van der Waals surface area contributed by atoms with Gasteiger partial charge in [0.25, 0.3) is 0 Å². The highest BCUT2D eigenvalue weighted by atomic mass is 32.2. The Labute approximate surface area is 126 Å². The summed E-state index contributed by atoms with van der Waals surface area (Å²) in [4.78, 5) is 1.94. The van der Waals surface area contributed by atoms with Gasteiger partial charge in [-0.2, -0.15) is 4.31 Å². The molecule has 1 aromatic carbocycles. The van der Waals surface area contributed by atoms with Crippen LogP contribution in [0.1, 0.15) is 18.9 Å². The number of sulfonamides is 1. The highest BCUT2D eigenvalue weighted by molar-refractivity contribution is 7.89. The quantitative estimate of drug-likeness (QED) is 0.777. The third-order valence-corrected chi connectivity index (χ3v) is 5.40. The molecule has 0 saturated carbocycles. The molecule has 5 nitrogen and oxygen atoms in total. The van der Waals surface area contributed by atoms with Gasteiger partial charge in [0.05, 0.1) is 4.90 Å². The average molecular weight is 317 g/mol. The van der Waals surface area contributed by atoms with Crippen molar-refractivity contribution in [2.75, 3.05) is 39.5 Å². The molecule has 0 amide bonds. The number of benzene rings is 1. The summed E-state index contributed by atoms with van der Waals surface area (Å²) in [6.45, 7) is 4.75. The molecule has 0 unspecified atom stereocenters. The van der Waals surface area contributed by atoms with Crippen molar-refractivity contribution < 1.29 is 12.8 Å². The van der Waals surface area contributed by atoms with Crippen LogP contribution in [0.25, 0.3) is 0 Å². The van der Waals surface area contributed by atoms with E-state index in [1.165, 1.54) is 17.3 Å². The lowest BCUT2D eigenvalue weighted by molar-refractivity contribution is 0.356. The van der Waals surface area contributed by atoms with E-state index < -0.39 is 15.8 Å². The van der Waals surface area contributed by atoms with E-state index >= 15 is 0 Å². The molecule has 0 radical (unpaired) electrons. The molecule has 0 aliphatic carbocycles. The van der Waals surface area contributed by atoms with Crippen LogP contribution in [0.3, 0.4) is 0 Å². The van der Waals surface area contributed by atoms with Crippen molar-refractivity contribution >= 4 is 15.7 Å². The van der Waals surface area contributed by atoms with Crippen LogP contribution in [0, 0.1) is 12.7 Å². The highest BCUT2D eigenvalue weighted by Crippen LogP contribution is 2.25. The van der Waals surface area contributed by atoms with Crippen molar-refractivity contribution in [3.8, 4) is 0 Å². The Morgan fingerprint density at radius 1 is 1.24 bits per heavy atom. The van der Waals surface area contributed by atoms with E-state index in [2.05, 4.69) is 0 Å². The maximum absolute atomic E-state index is 13.7. The molecular weight excluding hydrogens is 293 g/mol. The molecule has 1 aromatic rings. The third kappa shape index (κ3) is 4.39. The van der Waals surface area contributed by atoms with Crippen LogP contribution < -0.4 is 5.73 Å². The predicted octanol–water partition coefficient (Wildman–Crippen LogP) is 1.68. The van der Waals surface area contributed by atoms with Gasteiger partial charge in [0.2, 0.25) is 10.0 Å². The lowest BCUT2D eigenvalue weighted by Crippen LogP contribution is -2.34. The molecule has 0 aliphatic heterocycles. The summed E-state index contributed by atoms with van der Waals surface area (Å²) < 4.78 is 40.4. The Morgan fingerprint density at radius 2 is 1.86 bits per heavy atom. The second-order valence-electron chi connectivity index (χ2n) is 5.28. The number of nitrogens with two attached hydrogens (primary N) is 1. The number of anilines is 1. The van der Waals surface area contributed by atoms with Crippen LogP contribution >= 0.6 is 0 Å². The largest absolute Gasteiger partial charge is 0.399 e. The van der Waals surface area contributed by atoms with Crippen LogP contribution in [-0.4, -0.2) is 51.4 Å². The van der Waals surface area contributed by atoms with E-state index in [9.17, 15) is 12.8 Å². The summed E-state index contributed by atoms with van der Waals surface area (Å²) in [6, 6.07) is 2.46. The van der Waals surface area contributed by atoms with Gasteiger partial charge in [-0.25, -0.2) is 12.8 Å². The molecule has 0 spiro atoms. The minimum Gasteiger partial charge on any atom is -0.399 e. The smallest absolute Gasteiger partial charge is 0.243 e. The van der Waals surface area contributed by atoms with Crippen LogP contribution in [0.5, 0.6) is 0 Å². The number of nitrogens with zero attached hydrogens (tertiary/aromatic N) is 2. The summed E-state index contributed by atoms with van der Waals surface area (Å²) in [5.41, 5.74) is 5.80. The van der Waals surface area contributed by atoms with E-state index in [1.807, 2.05) is 19.0 Å². The highest BCUT2D eigenvalue weighted by Gasteiger charge is 2.26. The van der Waals surface area contributed by atoms with Crippen molar-refractivity contribution in [2.45, 2.75) is 25.2 Å². The Morgan fingerprint density at radius 3 is 2.38 bits per heavy atom. The number of halogens is 1. The zero-order valence-corrected chi connectivity index (χ0v) is 13.9. The van der Waals surface area contributed by atoms with Gasteiger partial charge in [0.15, 0.2) is 0 Å². The number of hydrogen-bond donors (Lipinski definition) is 1. The van der Waals surface area contributed by atoms with Gasteiger partial charge in [0.1, 0.15) is 5.82 Å². The molecule has 0 aliphatic rings. The van der Waals surface area contributed by atoms with Crippen molar-refractivity contribution in [1.82, 2.24) is 9.21 Å². The minimum absolute atomic E-state index is 0.0493. The Bertz CT molecular complexity index is 588. The standard InChI is InChI=1S/C14H24FN3O2S/c1-5-18(8-6-7-17(3)4)21(19,20)14-10-12(16)9-13(15)11(14)2/h9-10H,5-8,16H2,1-4H3. The van der Waals surface area contributed by atoms with E-state index in [4.69, 9.17) is 5.73 Å². The molecule has 120 valence electrons. The normalized spacial score (nSPS) is 12.3. The number of rotatable bonds is 7. The van der Waals surface area contributed by atoms with Crippen molar-refractivity contribution in [2.24, 2.45) is 0 Å². The van der Waals surface area contributed by atoms with Crippen molar-refractivity contribution in [3.05, 3.63) is 23.5 Å². The monoisotopic (exact) mass is 317 g/mol. The molecule has 7 heteroatoms. The molecule has 0 atom stereocenters. The molecule has 2 N–H and O–H groups in total. The van der Waals surface area contributed by atoms with E-state index in [0.717, 1.165) is 12.6 Å². The zero-order chi connectivity index (χ0) is 16.2. The molecule has 0 fully saturated rings. The first kappa shape index (κ1) is 17.9. The second-order valence-corrected chi connectivity index (χ2v) is 7.19. The number of nitrogen functional groups attached to an aromatic ring is 1. The van der Waals surface area contributed by atoms with E-state index in [0.29, 0.717) is 19.5 Å². The van der Waals surface area contributed by atoms with Gasteiger partial charge in [-0.05, 0) is 46.1 Å². The van der Waals surface area contributed by atoms with Crippen LogP contribution in [0.2, 0.25) is 0 Å². The van der Waals surface area contributed by atoms with Gasteiger partial charge in [-0.1, -0.05) is 6.92 Å². The lowest BCUT2D eigenvalue weighted by Gasteiger charge is -2.22. The van der Waals surface area contributed by atoms with Gasteiger partial charge in [0, 0.05) is 24.3 Å². The first-order chi connectivity index (χ1) is 9.70. The first-order valence-electron chi connectivity index (χ1n) is 6.90. The second kappa shape index (κ2) is 7.20. The Hall–Kier alpha value is -1.18. The fourth-order valence-electron chi connectivity index (χ4n) is 2.09.